The molecule has 1 nitrogen and oxygen atoms in total. The molecule has 0 aliphatic heterocycles. The predicted molar refractivity (Wildman–Crippen MR) is 46.6 cm³/mol. The van der Waals surface area contributed by atoms with Crippen molar-refractivity contribution in [3.8, 4) is 0 Å². The molecule has 12 heavy (non-hydrogen) atoms. The monoisotopic (exact) mass is 193 g/mol. The van der Waals surface area contributed by atoms with Gasteiger partial charge in [0.2, 0.25) is 0 Å². The van der Waals surface area contributed by atoms with Crippen molar-refractivity contribution in [3.63, 3.8) is 0 Å². The van der Waals surface area contributed by atoms with Crippen molar-refractivity contribution in [3.05, 3.63) is 35.6 Å². The van der Waals surface area contributed by atoms with Gasteiger partial charge in [-0.05, 0) is 17.7 Å². The maximum atomic E-state index is 12.3. The Balaban J connectivity index is 0.00000121. The summed E-state index contributed by atoms with van der Waals surface area (Å²) in [6.07, 6.45) is 0. The van der Waals surface area contributed by atoms with E-state index in [1.54, 1.807) is 0 Å². The molecule has 1 rings (SSSR count). The minimum Gasteiger partial charge on any atom is -0.322 e. The predicted octanol–water partition coefficient (Wildman–Crippen LogP) is 2.22. The summed E-state index contributed by atoms with van der Waals surface area (Å²) in [5.41, 5.74) is 5.97. The lowest BCUT2D eigenvalue weighted by atomic mass is 10.1. The average Bonchev–Trinajstić information content (AvgIpc) is 2.05. The molecule has 0 spiro atoms. The Morgan fingerprint density at radius 2 is 1.75 bits per heavy atom. The Labute approximate surface area is 76.0 Å². The zero-order valence-corrected chi connectivity index (χ0v) is 7.15. The number of rotatable bonds is 2. The van der Waals surface area contributed by atoms with E-state index in [9.17, 15) is 8.78 Å². The molecule has 0 saturated heterocycles. The van der Waals surface area contributed by atoms with Gasteiger partial charge in [0.25, 0.3) is 0 Å². The van der Waals surface area contributed by atoms with Crippen molar-refractivity contribution in [2.45, 2.75) is 6.04 Å². The molecule has 0 aliphatic carbocycles. The SMILES string of the molecule is Cl.N[C@H](CF)c1ccc(F)cc1. The van der Waals surface area contributed by atoms with Gasteiger partial charge >= 0.3 is 0 Å². The maximum Gasteiger partial charge on any atom is 0.123 e. The van der Waals surface area contributed by atoms with Crippen LogP contribution in [0.15, 0.2) is 24.3 Å². The van der Waals surface area contributed by atoms with E-state index in [1.165, 1.54) is 24.3 Å². The van der Waals surface area contributed by atoms with Crippen LogP contribution in [-0.4, -0.2) is 6.67 Å². The summed E-state index contributed by atoms with van der Waals surface area (Å²) in [4.78, 5) is 0. The molecule has 0 bridgehead atoms. The number of hydrogen-bond donors (Lipinski definition) is 1. The summed E-state index contributed by atoms with van der Waals surface area (Å²) in [5.74, 6) is -0.334. The van der Waals surface area contributed by atoms with E-state index >= 15 is 0 Å². The van der Waals surface area contributed by atoms with Gasteiger partial charge in [-0.1, -0.05) is 12.1 Å². The highest BCUT2D eigenvalue weighted by atomic mass is 35.5. The minimum absolute atomic E-state index is 0. The molecule has 1 aromatic rings. The Morgan fingerprint density at radius 1 is 1.25 bits per heavy atom. The van der Waals surface area contributed by atoms with Crippen molar-refractivity contribution in [2.24, 2.45) is 5.73 Å². The average molecular weight is 194 g/mol. The third-order valence-electron chi connectivity index (χ3n) is 1.46. The number of hydrogen-bond acceptors (Lipinski definition) is 1. The molecule has 4 heteroatoms. The highest BCUT2D eigenvalue weighted by Crippen LogP contribution is 2.10. The molecule has 0 fully saturated rings. The fourth-order valence-corrected chi connectivity index (χ4v) is 0.799. The lowest BCUT2D eigenvalue weighted by Gasteiger charge is -2.05. The number of halogens is 3. The normalized spacial score (nSPS) is 11.9. The summed E-state index contributed by atoms with van der Waals surface area (Å²) in [5, 5.41) is 0. The van der Waals surface area contributed by atoms with Crippen LogP contribution in [0.4, 0.5) is 8.78 Å². The molecule has 0 unspecified atom stereocenters. The topological polar surface area (TPSA) is 26.0 Å². The van der Waals surface area contributed by atoms with E-state index in [0.717, 1.165) is 0 Å². The second-order valence-corrected chi connectivity index (χ2v) is 2.31. The molecule has 1 aromatic carbocycles. The third-order valence-corrected chi connectivity index (χ3v) is 1.46. The highest BCUT2D eigenvalue weighted by Gasteiger charge is 2.03. The molecule has 0 aromatic heterocycles. The second kappa shape index (κ2) is 5.06. The summed E-state index contributed by atoms with van der Waals surface area (Å²) in [6.45, 7) is -0.619. The van der Waals surface area contributed by atoms with Gasteiger partial charge in [-0.25, -0.2) is 8.78 Å². The van der Waals surface area contributed by atoms with Crippen LogP contribution < -0.4 is 5.73 Å². The van der Waals surface area contributed by atoms with Crippen LogP contribution >= 0.6 is 12.4 Å². The summed E-state index contributed by atoms with van der Waals surface area (Å²) in [7, 11) is 0. The van der Waals surface area contributed by atoms with Crippen molar-refractivity contribution in [1.82, 2.24) is 0 Å². The number of benzene rings is 1. The van der Waals surface area contributed by atoms with Gasteiger partial charge in [-0.2, -0.15) is 0 Å². The molecular formula is C8H10ClF2N. The van der Waals surface area contributed by atoms with E-state index < -0.39 is 12.7 Å². The van der Waals surface area contributed by atoms with Crippen LogP contribution in [0.2, 0.25) is 0 Å². The first-order valence-electron chi connectivity index (χ1n) is 3.31. The van der Waals surface area contributed by atoms with Crippen LogP contribution in [0.3, 0.4) is 0 Å². The first-order valence-corrected chi connectivity index (χ1v) is 3.31. The van der Waals surface area contributed by atoms with E-state index in [4.69, 9.17) is 5.73 Å². The zero-order chi connectivity index (χ0) is 8.27. The van der Waals surface area contributed by atoms with Gasteiger partial charge in [0.05, 0.1) is 6.04 Å². The standard InChI is InChI=1S/C8H9F2N.ClH/c9-5-8(11)6-1-3-7(10)4-2-6;/h1-4,8H,5,11H2;1H/t8-;/m1./s1. The van der Waals surface area contributed by atoms with E-state index in [1.807, 2.05) is 0 Å². The molecule has 1 atom stereocenters. The fourth-order valence-electron chi connectivity index (χ4n) is 0.799. The quantitative estimate of drug-likeness (QED) is 0.766. The van der Waals surface area contributed by atoms with Gasteiger partial charge in [0.1, 0.15) is 12.5 Å². The van der Waals surface area contributed by atoms with E-state index in [2.05, 4.69) is 0 Å². The summed E-state index contributed by atoms with van der Waals surface area (Å²) < 4.78 is 24.3. The largest absolute Gasteiger partial charge is 0.322 e. The van der Waals surface area contributed by atoms with Crippen molar-refractivity contribution < 1.29 is 8.78 Å². The van der Waals surface area contributed by atoms with Crippen molar-refractivity contribution in [1.29, 1.82) is 0 Å². The van der Waals surface area contributed by atoms with E-state index in [0.29, 0.717) is 5.56 Å². The lowest BCUT2D eigenvalue weighted by Crippen LogP contribution is -2.11. The molecule has 68 valence electrons. The van der Waals surface area contributed by atoms with Crippen LogP contribution in [0.25, 0.3) is 0 Å². The molecular weight excluding hydrogens is 184 g/mol. The molecule has 0 heterocycles. The molecule has 0 aliphatic rings. The first-order chi connectivity index (χ1) is 5.24. The van der Waals surface area contributed by atoms with Gasteiger partial charge < -0.3 is 5.73 Å². The van der Waals surface area contributed by atoms with Gasteiger partial charge in [-0.15, -0.1) is 12.4 Å². The number of nitrogens with two attached hydrogens (primary N) is 1. The molecule has 2 N–H and O–H groups in total. The Hall–Kier alpha value is -0.670. The molecule has 0 saturated carbocycles. The highest BCUT2D eigenvalue weighted by molar-refractivity contribution is 5.85. The van der Waals surface area contributed by atoms with Crippen molar-refractivity contribution >= 4 is 12.4 Å². The maximum absolute atomic E-state index is 12.3. The number of alkyl halides is 1. The van der Waals surface area contributed by atoms with Crippen molar-refractivity contribution in [2.75, 3.05) is 6.67 Å². The lowest BCUT2D eigenvalue weighted by molar-refractivity contribution is 0.437. The van der Waals surface area contributed by atoms with Gasteiger partial charge in [-0.3, -0.25) is 0 Å². The van der Waals surface area contributed by atoms with Crippen LogP contribution in [-0.2, 0) is 0 Å². The Morgan fingerprint density at radius 3 is 2.17 bits per heavy atom. The Kier molecular flexibility index (Phi) is 4.78. The van der Waals surface area contributed by atoms with Crippen LogP contribution in [0.1, 0.15) is 11.6 Å². The third kappa shape index (κ3) is 2.75. The summed E-state index contributed by atoms with van der Waals surface area (Å²) >= 11 is 0. The van der Waals surface area contributed by atoms with Crippen LogP contribution in [0, 0.1) is 5.82 Å². The van der Waals surface area contributed by atoms with Gasteiger partial charge in [0.15, 0.2) is 0 Å². The smallest absolute Gasteiger partial charge is 0.123 e. The van der Waals surface area contributed by atoms with E-state index in [-0.39, 0.29) is 18.2 Å². The summed E-state index contributed by atoms with van der Waals surface area (Å²) in [6, 6.07) is 4.88. The molecule has 0 radical (unpaired) electrons. The van der Waals surface area contributed by atoms with Gasteiger partial charge in [0, 0.05) is 0 Å². The molecule has 0 amide bonds. The fraction of sp³-hybridized carbons (Fsp3) is 0.250. The Bertz CT molecular complexity index is 225. The first kappa shape index (κ1) is 11.3. The van der Waals surface area contributed by atoms with Crippen LogP contribution in [0.5, 0.6) is 0 Å². The zero-order valence-electron chi connectivity index (χ0n) is 6.34. The minimum atomic E-state index is -0.629. The second-order valence-electron chi connectivity index (χ2n) is 2.31.